The first-order valence-corrected chi connectivity index (χ1v) is 6.82. The lowest BCUT2D eigenvalue weighted by Crippen LogP contribution is -2.09. The summed E-state index contributed by atoms with van der Waals surface area (Å²) in [7, 11) is 0. The summed E-state index contributed by atoms with van der Waals surface area (Å²) in [4.78, 5) is 0. The van der Waals surface area contributed by atoms with Gasteiger partial charge in [-0.15, -0.1) is 0 Å². The lowest BCUT2D eigenvalue weighted by Gasteiger charge is -2.08. The monoisotopic (exact) mass is 279 g/mol. The third-order valence-electron chi connectivity index (χ3n) is 3.46. The van der Waals surface area contributed by atoms with E-state index >= 15 is 0 Å². The summed E-state index contributed by atoms with van der Waals surface area (Å²) in [6.07, 6.45) is 1.57. The molecular formula is C15H19F2N3. The SMILES string of the molecule is CCc1nn(Cc2ccc(F)cc2F)c(CC)c1CN. The van der Waals surface area contributed by atoms with Crippen LogP contribution in [0.4, 0.5) is 8.78 Å². The number of benzene rings is 1. The third kappa shape index (κ3) is 2.72. The molecule has 0 radical (unpaired) electrons. The Balaban J connectivity index is 2.40. The van der Waals surface area contributed by atoms with Crippen molar-refractivity contribution in [1.29, 1.82) is 0 Å². The van der Waals surface area contributed by atoms with Crippen molar-refractivity contribution in [2.24, 2.45) is 5.73 Å². The van der Waals surface area contributed by atoms with Crippen LogP contribution in [0.15, 0.2) is 18.2 Å². The molecule has 20 heavy (non-hydrogen) atoms. The van der Waals surface area contributed by atoms with E-state index in [0.29, 0.717) is 18.7 Å². The molecule has 0 aliphatic rings. The summed E-state index contributed by atoms with van der Waals surface area (Å²) >= 11 is 0. The summed E-state index contributed by atoms with van der Waals surface area (Å²) in [5, 5.41) is 4.51. The smallest absolute Gasteiger partial charge is 0.131 e. The Kier molecular flexibility index (Phi) is 4.49. The molecule has 3 nitrogen and oxygen atoms in total. The highest BCUT2D eigenvalue weighted by Crippen LogP contribution is 2.18. The average molecular weight is 279 g/mol. The predicted octanol–water partition coefficient (Wildman–Crippen LogP) is 2.79. The van der Waals surface area contributed by atoms with Gasteiger partial charge >= 0.3 is 0 Å². The number of nitrogens with two attached hydrogens (primary N) is 1. The van der Waals surface area contributed by atoms with E-state index in [2.05, 4.69) is 5.10 Å². The number of aryl methyl sites for hydroxylation is 1. The molecular weight excluding hydrogens is 260 g/mol. The standard InChI is InChI=1S/C15H19F2N3/c1-3-14-12(8-18)15(4-2)20(19-14)9-10-5-6-11(16)7-13(10)17/h5-7H,3-4,8-9,18H2,1-2H3. The summed E-state index contributed by atoms with van der Waals surface area (Å²) in [5.41, 5.74) is 9.22. The fourth-order valence-electron chi connectivity index (χ4n) is 2.45. The van der Waals surface area contributed by atoms with E-state index in [0.717, 1.165) is 35.9 Å². The van der Waals surface area contributed by atoms with Gasteiger partial charge in [0.1, 0.15) is 11.6 Å². The first-order valence-electron chi connectivity index (χ1n) is 6.82. The zero-order valence-electron chi connectivity index (χ0n) is 11.8. The summed E-state index contributed by atoms with van der Waals surface area (Å²) in [6, 6.07) is 3.62. The first-order chi connectivity index (χ1) is 9.60. The van der Waals surface area contributed by atoms with Gasteiger partial charge in [0.25, 0.3) is 0 Å². The maximum atomic E-state index is 13.7. The molecule has 1 aromatic heterocycles. The van der Waals surface area contributed by atoms with Gasteiger partial charge in [0.05, 0.1) is 12.2 Å². The number of hydrogen-bond acceptors (Lipinski definition) is 2. The van der Waals surface area contributed by atoms with Gasteiger partial charge < -0.3 is 5.73 Å². The van der Waals surface area contributed by atoms with Gasteiger partial charge in [-0.25, -0.2) is 8.78 Å². The van der Waals surface area contributed by atoms with Crippen LogP contribution < -0.4 is 5.73 Å². The molecule has 0 aliphatic carbocycles. The van der Waals surface area contributed by atoms with Gasteiger partial charge in [-0.3, -0.25) is 4.68 Å². The van der Waals surface area contributed by atoms with Crippen molar-refractivity contribution < 1.29 is 8.78 Å². The molecule has 0 aliphatic heterocycles. The topological polar surface area (TPSA) is 43.8 Å². The lowest BCUT2D eigenvalue weighted by molar-refractivity contribution is 0.552. The van der Waals surface area contributed by atoms with Crippen molar-refractivity contribution in [1.82, 2.24) is 9.78 Å². The van der Waals surface area contributed by atoms with Crippen molar-refractivity contribution in [3.63, 3.8) is 0 Å². The molecule has 0 saturated carbocycles. The number of hydrogen-bond donors (Lipinski definition) is 1. The van der Waals surface area contributed by atoms with Crippen LogP contribution in [0.3, 0.4) is 0 Å². The Morgan fingerprint density at radius 1 is 1.20 bits per heavy atom. The molecule has 108 valence electrons. The van der Waals surface area contributed by atoms with Crippen LogP contribution in [0.25, 0.3) is 0 Å². The molecule has 5 heteroatoms. The second-order valence-corrected chi connectivity index (χ2v) is 4.68. The second-order valence-electron chi connectivity index (χ2n) is 4.68. The largest absolute Gasteiger partial charge is 0.326 e. The minimum Gasteiger partial charge on any atom is -0.326 e. The highest BCUT2D eigenvalue weighted by molar-refractivity contribution is 5.28. The van der Waals surface area contributed by atoms with Gasteiger partial charge in [0, 0.05) is 29.4 Å². The molecule has 0 atom stereocenters. The minimum atomic E-state index is -0.570. The quantitative estimate of drug-likeness (QED) is 0.914. The van der Waals surface area contributed by atoms with Gasteiger partial charge in [-0.2, -0.15) is 5.10 Å². The molecule has 2 rings (SSSR count). The van der Waals surface area contributed by atoms with Crippen LogP contribution >= 0.6 is 0 Å². The second kappa shape index (κ2) is 6.13. The highest BCUT2D eigenvalue weighted by Gasteiger charge is 2.15. The van der Waals surface area contributed by atoms with E-state index in [4.69, 9.17) is 5.73 Å². The number of halogens is 2. The van der Waals surface area contributed by atoms with Crippen molar-refractivity contribution in [2.75, 3.05) is 0 Å². The van der Waals surface area contributed by atoms with E-state index in [1.165, 1.54) is 12.1 Å². The van der Waals surface area contributed by atoms with Crippen molar-refractivity contribution in [3.8, 4) is 0 Å². The van der Waals surface area contributed by atoms with Crippen LogP contribution in [0.2, 0.25) is 0 Å². The number of aromatic nitrogens is 2. The fraction of sp³-hybridized carbons (Fsp3) is 0.400. The maximum absolute atomic E-state index is 13.7. The average Bonchev–Trinajstić information content (AvgIpc) is 2.78. The van der Waals surface area contributed by atoms with Crippen LogP contribution in [0.1, 0.15) is 36.4 Å². The van der Waals surface area contributed by atoms with Crippen LogP contribution in [0.5, 0.6) is 0 Å². The summed E-state index contributed by atoms with van der Waals surface area (Å²) < 4.78 is 28.4. The van der Waals surface area contributed by atoms with Crippen molar-refractivity contribution >= 4 is 0 Å². The molecule has 1 heterocycles. The zero-order chi connectivity index (χ0) is 14.7. The maximum Gasteiger partial charge on any atom is 0.131 e. The van der Waals surface area contributed by atoms with E-state index in [9.17, 15) is 8.78 Å². The highest BCUT2D eigenvalue weighted by atomic mass is 19.1. The molecule has 0 amide bonds. The Labute approximate surface area is 117 Å². The van der Waals surface area contributed by atoms with Crippen LogP contribution in [-0.2, 0) is 25.9 Å². The Hall–Kier alpha value is -1.75. The molecule has 2 aromatic rings. The first kappa shape index (κ1) is 14.7. The van der Waals surface area contributed by atoms with Crippen molar-refractivity contribution in [3.05, 3.63) is 52.3 Å². The molecule has 0 bridgehead atoms. The predicted molar refractivity (Wildman–Crippen MR) is 74.3 cm³/mol. The van der Waals surface area contributed by atoms with E-state index < -0.39 is 11.6 Å². The van der Waals surface area contributed by atoms with E-state index in [-0.39, 0.29) is 0 Å². The Bertz CT molecular complexity index is 605. The van der Waals surface area contributed by atoms with Gasteiger partial charge in [-0.05, 0) is 18.9 Å². The lowest BCUT2D eigenvalue weighted by atomic mass is 10.1. The van der Waals surface area contributed by atoms with E-state index in [1.54, 1.807) is 4.68 Å². The van der Waals surface area contributed by atoms with Gasteiger partial charge in [-0.1, -0.05) is 19.9 Å². The minimum absolute atomic E-state index is 0.294. The molecule has 0 fully saturated rings. The van der Waals surface area contributed by atoms with Crippen LogP contribution in [-0.4, -0.2) is 9.78 Å². The van der Waals surface area contributed by atoms with Crippen LogP contribution in [0, 0.1) is 11.6 Å². The zero-order valence-corrected chi connectivity index (χ0v) is 11.8. The fourth-order valence-corrected chi connectivity index (χ4v) is 2.45. The summed E-state index contributed by atoms with van der Waals surface area (Å²) in [5.74, 6) is -1.12. The molecule has 0 spiro atoms. The molecule has 0 saturated heterocycles. The Morgan fingerprint density at radius 3 is 2.50 bits per heavy atom. The van der Waals surface area contributed by atoms with Gasteiger partial charge in [0.2, 0.25) is 0 Å². The molecule has 0 unspecified atom stereocenters. The number of rotatable bonds is 5. The normalized spacial score (nSPS) is 11.1. The Morgan fingerprint density at radius 2 is 1.95 bits per heavy atom. The third-order valence-corrected chi connectivity index (χ3v) is 3.46. The summed E-state index contributed by atoms with van der Waals surface area (Å²) in [6.45, 7) is 4.76. The number of nitrogens with zero attached hydrogens (tertiary/aromatic N) is 2. The van der Waals surface area contributed by atoms with Gasteiger partial charge in [0.15, 0.2) is 0 Å². The molecule has 2 N–H and O–H groups in total. The van der Waals surface area contributed by atoms with Crippen molar-refractivity contribution in [2.45, 2.75) is 39.8 Å². The molecule has 1 aromatic carbocycles. The van der Waals surface area contributed by atoms with E-state index in [1.807, 2.05) is 13.8 Å².